The summed E-state index contributed by atoms with van der Waals surface area (Å²) in [4.78, 5) is 19.1. The Labute approximate surface area is 149 Å². The number of hydrogen-bond donors (Lipinski definition) is 0. The molecule has 25 heavy (non-hydrogen) atoms. The van der Waals surface area contributed by atoms with E-state index in [2.05, 4.69) is 15.1 Å². The van der Waals surface area contributed by atoms with Crippen LogP contribution < -0.4 is 0 Å². The van der Waals surface area contributed by atoms with Crippen LogP contribution in [0.5, 0.6) is 0 Å². The van der Waals surface area contributed by atoms with Gasteiger partial charge in [-0.25, -0.2) is 4.98 Å². The monoisotopic (exact) mass is 370 g/mol. The number of nitro groups is 1. The zero-order valence-corrected chi connectivity index (χ0v) is 14.3. The van der Waals surface area contributed by atoms with E-state index >= 15 is 0 Å². The third-order valence-electron chi connectivity index (χ3n) is 3.40. The molecule has 0 unspecified atom stereocenters. The van der Waals surface area contributed by atoms with Crippen molar-refractivity contribution in [2.75, 3.05) is 0 Å². The van der Waals surface area contributed by atoms with Gasteiger partial charge in [-0.1, -0.05) is 29.1 Å². The average Bonchev–Trinajstić information content (AvgIpc) is 3.26. The summed E-state index contributed by atoms with van der Waals surface area (Å²) in [6, 6.07) is 14.0. The Balaban J connectivity index is 1.46. The third kappa shape index (κ3) is 3.37. The van der Waals surface area contributed by atoms with E-state index in [9.17, 15) is 10.1 Å². The fourth-order valence-electron chi connectivity index (χ4n) is 2.20. The SMILES string of the molecule is O=[N+]([O-])c1ccc(-c2noc(CSc3nc4ccccc4s3)n2)cc1. The molecule has 7 nitrogen and oxygen atoms in total. The van der Waals surface area contributed by atoms with Crippen LogP contribution in [-0.2, 0) is 5.75 Å². The quantitative estimate of drug-likeness (QED) is 0.289. The largest absolute Gasteiger partial charge is 0.338 e. The van der Waals surface area contributed by atoms with Crippen molar-refractivity contribution in [2.24, 2.45) is 0 Å². The van der Waals surface area contributed by atoms with Gasteiger partial charge in [0.05, 0.1) is 20.9 Å². The molecular weight excluding hydrogens is 360 g/mol. The van der Waals surface area contributed by atoms with Crippen LogP contribution in [0.4, 0.5) is 5.69 Å². The standard InChI is InChI=1S/C16H10N4O3S2/c21-20(22)11-7-5-10(6-8-11)15-18-14(23-19-15)9-24-16-17-12-3-1-2-4-13(12)25-16/h1-8H,9H2. The summed E-state index contributed by atoms with van der Waals surface area (Å²) >= 11 is 3.16. The summed E-state index contributed by atoms with van der Waals surface area (Å²) in [5.41, 5.74) is 1.68. The summed E-state index contributed by atoms with van der Waals surface area (Å²) in [7, 11) is 0. The smallest absolute Gasteiger partial charge is 0.269 e. The van der Waals surface area contributed by atoms with Crippen LogP contribution in [0, 0.1) is 10.1 Å². The zero-order valence-electron chi connectivity index (χ0n) is 12.7. The number of non-ortho nitro benzene ring substituents is 1. The molecule has 0 amide bonds. The minimum atomic E-state index is -0.444. The molecule has 0 aliphatic carbocycles. The average molecular weight is 370 g/mol. The molecule has 4 rings (SSSR count). The maximum Gasteiger partial charge on any atom is 0.269 e. The van der Waals surface area contributed by atoms with Crippen molar-refractivity contribution in [2.45, 2.75) is 10.1 Å². The molecule has 0 aliphatic rings. The zero-order chi connectivity index (χ0) is 17.2. The molecule has 0 saturated heterocycles. The van der Waals surface area contributed by atoms with Crippen molar-refractivity contribution in [3.8, 4) is 11.4 Å². The van der Waals surface area contributed by atoms with E-state index in [1.807, 2.05) is 24.3 Å². The number of nitrogens with zero attached hydrogens (tertiary/aromatic N) is 4. The molecule has 0 N–H and O–H groups in total. The van der Waals surface area contributed by atoms with Crippen molar-refractivity contribution in [1.82, 2.24) is 15.1 Å². The molecule has 0 saturated carbocycles. The Bertz CT molecular complexity index is 1010. The van der Waals surface area contributed by atoms with Crippen molar-refractivity contribution in [3.05, 3.63) is 64.5 Å². The van der Waals surface area contributed by atoms with E-state index < -0.39 is 4.92 Å². The molecule has 2 heterocycles. The Morgan fingerprint density at radius 1 is 1.12 bits per heavy atom. The van der Waals surface area contributed by atoms with Crippen LogP contribution in [0.3, 0.4) is 0 Å². The lowest BCUT2D eigenvalue weighted by Gasteiger charge is -1.93. The van der Waals surface area contributed by atoms with Crippen LogP contribution in [0.1, 0.15) is 5.89 Å². The molecule has 4 aromatic rings. The maximum atomic E-state index is 10.7. The second-order valence-corrected chi connectivity index (χ2v) is 7.30. The lowest BCUT2D eigenvalue weighted by molar-refractivity contribution is -0.384. The Morgan fingerprint density at radius 2 is 1.92 bits per heavy atom. The van der Waals surface area contributed by atoms with Gasteiger partial charge in [0.15, 0.2) is 4.34 Å². The number of thiazole rings is 1. The maximum absolute atomic E-state index is 10.7. The van der Waals surface area contributed by atoms with Crippen LogP contribution in [0.15, 0.2) is 57.4 Å². The first-order valence-corrected chi connectivity index (χ1v) is 9.05. The molecule has 0 atom stereocenters. The summed E-state index contributed by atoms with van der Waals surface area (Å²) in [6.07, 6.45) is 0. The van der Waals surface area contributed by atoms with E-state index in [-0.39, 0.29) is 5.69 Å². The van der Waals surface area contributed by atoms with Gasteiger partial charge in [0.1, 0.15) is 0 Å². The summed E-state index contributed by atoms with van der Waals surface area (Å²) in [5.74, 6) is 1.41. The minimum Gasteiger partial charge on any atom is -0.338 e. The highest BCUT2D eigenvalue weighted by Gasteiger charge is 2.12. The highest BCUT2D eigenvalue weighted by molar-refractivity contribution is 8.00. The molecule has 2 aromatic carbocycles. The van der Waals surface area contributed by atoms with Crippen molar-refractivity contribution >= 4 is 39.0 Å². The highest BCUT2D eigenvalue weighted by atomic mass is 32.2. The first-order valence-electron chi connectivity index (χ1n) is 7.25. The van der Waals surface area contributed by atoms with E-state index in [1.54, 1.807) is 23.5 Å². The lowest BCUT2D eigenvalue weighted by Crippen LogP contribution is -1.88. The summed E-state index contributed by atoms with van der Waals surface area (Å²) in [5, 5.41) is 14.6. The fourth-order valence-corrected chi connectivity index (χ4v) is 4.11. The number of para-hydroxylation sites is 1. The van der Waals surface area contributed by atoms with Gasteiger partial charge >= 0.3 is 0 Å². The highest BCUT2D eigenvalue weighted by Crippen LogP contribution is 2.31. The summed E-state index contributed by atoms with van der Waals surface area (Å²) < 4.78 is 7.34. The number of rotatable bonds is 5. The number of aromatic nitrogens is 3. The predicted molar refractivity (Wildman–Crippen MR) is 95.6 cm³/mol. The number of fused-ring (bicyclic) bond motifs is 1. The molecule has 0 radical (unpaired) electrons. The molecule has 0 aliphatic heterocycles. The number of hydrogen-bond acceptors (Lipinski definition) is 8. The van der Waals surface area contributed by atoms with Crippen LogP contribution in [0.2, 0.25) is 0 Å². The summed E-state index contributed by atoms with van der Waals surface area (Å²) in [6.45, 7) is 0. The third-order valence-corrected chi connectivity index (χ3v) is 5.56. The number of benzene rings is 2. The van der Waals surface area contributed by atoms with E-state index in [1.165, 1.54) is 23.9 Å². The first-order chi connectivity index (χ1) is 12.2. The van der Waals surface area contributed by atoms with Crippen molar-refractivity contribution in [3.63, 3.8) is 0 Å². The molecule has 9 heteroatoms. The van der Waals surface area contributed by atoms with Gasteiger partial charge in [0.25, 0.3) is 5.69 Å². The Morgan fingerprint density at radius 3 is 2.68 bits per heavy atom. The van der Waals surface area contributed by atoms with Crippen molar-refractivity contribution < 1.29 is 9.45 Å². The molecular formula is C16H10N4O3S2. The van der Waals surface area contributed by atoms with Gasteiger partial charge in [-0.3, -0.25) is 10.1 Å². The van der Waals surface area contributed by atoms with E-state index in [4.69, 9.17) is 4.52 Å². The van der Waals surface area contributed by atoms with Gasteiger partial charge in [-0.2, -0.15) is 4.98 Å². The van der Waals surface area contributed by atoms with E-state index in [0.717, 1.165) is 14.6 Å². The fraction of sp³-hybridized carbons (Fsp3) is 0.0625. The topological polar surface area (TPSA) is 95.0 Å². The van der Waals surface area contributed by atoms with Gasteiger partial charge < -0.3 is 4.52 Å². The second kappa shape index (κ2) is 6.61. The molecule has 0 spiro atoms. The molecule has 2 aromatic heterocycles. The van der Waals surface area contributed by atoms with Crippen LogP contribution >= 0.6 is 23.1 Å². The van der Waals surface area contributed by atoms with Gasteiger partial charge in [0.2, 0.25) is 11.7 Å². The normalized spacial score (nSPS) is 11.0. The van der Waals surface area contributed by atoms with Crippen LogP contribution in [0.25, 0.3) is 21.6 Å². The molecule has 0 fully saturated rings. The lowest BCUT2D eigenvalue weighted by atomic mass is 10.2. The van der Waals surface area contributed by atoms with Crippen LogP contribution in [-0.4, -0.2) is 20.0 Å². The first kappa shape index (κ1) is 15.7. The van der Waals surface area contributed by atoms with E-state index in [0.29, 0.717) is 23.0 Å². The Kier molecular flexibility index (Phi) is 4.16. The Hall–Kier alpha value is -2.78. The molecule has 0 bridgehead atoms. The van der Waals surface area contributed by atoms with Gasteiger partial charge in [-0.05, 0) is 24.3 Å². The number of nitro benzene ring substituents is 1. The van der Waals surface area contributed by atoms with Crippen molar-refractivity contribution in [1.29, 1.82) is 0 Å². The second-order valence-electron chi connectivity index (χ2n) is 5.05. The van der Waals surface area contributed by atoms with Gasteiger partial charge in [-0.15, -0.1) is 11.3 Å². The predicted octanol–water partition coefficient (Wildman–Crippen LogP) is 4.55. The minimum absolute atomic E-state index is 0.0267. The van der Waals surface area contributed by atoms with Gasteiger partial charge in [0, 0.05) is 17.7 Å². The molecule has 124 valence electrons. The number of thioether (sulfide) groups is 1.